The second kappa shape index (κ2) is 5.45. The molecule has 3 aromatic rings. The highest BCUT2D eigenvalue weighted by Gasteiger charge is 2.15. The molecule has 0 heterocycles. The molecule has 0 spiro atoms. The minimum Gasteiger partial charge on any atom is -0.294 e. The maximum absolute atomic E-state index is 12.2. The minimum atomic E-state index is 0.101. The molecule has 0 saturated heterocycles. The van der Waals surface area contributed by atoms with E-state index in [2.05, 4.69) is 35.0 Å². The van der Waals surface area contributed by atoms with Gasteiger partial charge in [-0.15, -0.1) is 0 Å². The Kier molecular flexibility index (Phi) is 3.64. The van der Waals surface area contributed by atoms with Crippen LogP contribution in [0, 0.1) is 6.92 Å². The van der Waals surface area contributed by atoms with Gasteiger partial charge in [-0.3, -0.25) is 4.79 Å². The van der Waals surface area contributed by atoms with E-state index in [4.69, 9.17) is 0 Å². The van der Waals surface area contributed by atoms with Crippen LogP contribution >= 0.6 is 15.9 Å². The van der Waals surface area contributed by atoms with Gasteiger partial charge in [0.25, 0.3) is 0 Å². The van der Waals surface area contributed by atoms with Crippen molar-refractivity contribution in [3.63, 3.8) is 0 Å². The summed E-state index contributed by atoms with van der Waals surface area (Å²) in [4.78, 5) is 12.2. The van der Waals surface area contributed by atoms with Gasteiger partial charge in [0.15, 0.2) is 5.78 Å². The largest absolute Gasteiger partial charge is 0.294 e. The Morgan fingerprint density at radius 1 is 0.952 bits per heavy atom. The highest BCUT2D eigenvalue weighted by molar-refractivity contribution is 9.10. The van der Waals surface area contributed by atoms with E-state index >= 15 is 0 Å². The predicted octanol–water partition coefficient (Wildman–Crippen LogP) is 5.78. The second-order valence-corrected chi connectivity index (χ2v) is 6.14. The maximum Gasteiger partial charge on any atom is 0.161 e. The summed E-state index contributed by atoms with van der Waals surface area (Å²) in [5.74, 6) is 0.101. The average Bonchev–Trinajstić information content (AvgIpc) is 2.47. The lowest BCUT2D eigenvalue weighted by Gasteiger charge is -2.14. The molecule has 0 fully saturated rings. The van der Waals surface area contributed by atoms with Crippen LogP contribution in [0.25, 0.3) is 21.9 Å². The number of hydrogen-bond donors (Lipinski definition) is 0. The summed E-state index contributed by atoms with van der Waals surface area (Å²) < 4.78 is 1.04. The molecule has 3 aromatic carbocycles. The van der Waals surface area contributed by atoms with Crippen LogP contribution in [0.5, 0.6) is 0 Å². The van der Waals surface area contributed by atoms with Crippen molar-refractivity contribution in [2.45, 2.75) is 13.8 Å². The lowest BCUT2D eigenvalue weighted by molar-refractivity contribution is 0.102. The molecule has 104 valence electrons. The smallest absolute Gasteiger partial charge is 0.161 e. The number of halogens is 1. The summed E-state index contributed by atoms with van der Waals surface area (Å²) in [6.07, 6.45) is 0. The Hall–Kier alpha value is -1.93. The van der Waals surface area contributed by atoms with Gasteiger partial charge in [0.05, 0.1) is 0 Å². The third kappa shape index (κ3) is 2.52. The number of ketones is 1. The van der Waals surface area contributed by atoms with Gasteiger partial charge in [-0.05, 0) is 53.4 Å². The SMILES string of the molecule is CC(=O)c1c(-c2ccc(Br)cc2)cc(C)c2ccccc12. The number of Topliss-reactive ketones (excluding diaryl/α,β-unsaturated/α-hetero) is 1. The van der Waals surface area contributed by atoms with Gasteiger partial charge in [0.1, 0.15) is 0 Å². The molecule has 21 heavy (non-hydrogen) atoms. The minimum absolute atomic E-state index is 0.101. The summed E-state index contributed by atoms with van der Waals surface area (Å²) in [5.41, 5.74) is 4.07. The van der Waals surface area contributed by atoms with Crippen LogP contribution in [0.15, 0.2) is 59.1 Å². The van der Waals surface area contributed by atoms with Crippen LogP contribution in [0.2, 0.25) is 0 Å². The fourth-order valence-electron chi connectivity index (χ4n) is 2.79. The van der Waals surface area contributed by atoms with E-state index < -0.39 is 0 Å². The van der Waals surface area contributed by atoms with Gasteiger partial charge in [-0.1, -0.05) is 58.4 Å². The summed E-state index contributed by atoms with van der Waals surface area (Å²) in [5, 5.41) is 2.17. The van der Waals surface area contributed by atoms with Crippen molar-refractivity contribution >= 4 is 32.5 Å². The second-order valence-electron chi connectivity index (χ2n) is 5.22. The van der Waals surface area contributed by atoms with Gasteiger partial charge in [-0.25, -0.2) is 0 Å². The van der Waals surface area contributed by atoms with Gasteiger partial charge < -0.3 is 0 Å². The lowest BCUT2D eigenvalue weighted by atomic mass is 9.90. The molecular formula is C19H15BrO. The maximum atomic E-state index is 12.2. The van der Waals surface area contributed by atoms with Crippen LogP contribution in [0.4, 0.5) is 0 Å². The van der Waals surface area contributed by atoms with Crippen molar-refractivity contribution in [3.05, 3.63) is 70.2 Å². The quantitative estimate of drug-likeness (QED) is 0.541. The third-order valence-electron chi connectivity index (χ3n) is 3.76. The number of rotatable bonds is 2. The first-order chi connectivity index (χ1) is 10.1. The normalized spacial score (nSPS) is 10.8. The molecule has 0 bridgehead atoms. The molecule has 0 N–H and O–H groups in total. The molecular weight excluding hydrogens is 324 g/mol. The van der Waals surface area contributed by atoms with Gasteiger partial charge in [-0.2, -0.15) is 0 Å². The fourth-order valence-corrected chi connectivity index (χ4v) is 3.06. The van der Waals surface area contributed by atoms with E-state index in [0.29, 0.717) is 0 Å². The molecule has 0 aliphatic carbocycles. The summed E-state index contributed by atoms with van der Waals surface area (Å²) >= 11 is 3.45. The molecule has 0 atom stereocenters. The number of carbonyl (C=O) groups excluding carboxylic acids is 1. The van der Waals surface area contributed by atoms with Crippen molar-refractivity contribution in [1.29, 1.82) is 0 Å². The molecule has 0 aromatic heterocycles. The first-order valence-electron chi connectivity index (χ1n) is 6.87. The van der Waals surface area contributed by atoms with Crippen LogP contribution in [-0.2, 0) is 0 Å². The van der Waals surface area contributed by atoms with Crippen molar-refractivity contribution in [1.82, 2.24) is 0 Å². The lowest BCUT2D eigenvalue weighted by Crippen LogP contribution is -1.99. The topological polar surface area (TPSA) is 17.1 Å². The number of fused-ring (bicyclic) bond motifs is 1. The molecule has 0 aliphatic rings. The molecule has 0 radical (unpaired) electrons. The van der Waals surface area contributed by atoms with Crippen LogP contribution in [-0.4, -0.2) is 5.78 Å². The number of hydrogen-bond acceptors (Lipinski definition) is 1. The third-order valence-corrected chi connectivity index (χ3v) is 4.29. The molecule has 2 heteroatoms. The summed E-state index contributed by atoms with van der Waals surface area (Å²) in [6.45, 7) is 3.73. The van der Waals surface area contributed by atoms with E-state index in [1.807, 2.05) is 42.5 Å². The molecule has 0 aliphatic heterocycles. The average molecular weight is 339 g/mol. The Bertz CT molecular complexity index is 832. The number of carbonyl (C=O) groups is 1. The van der Waals surface area contributed by atoms with Crippen LogP contribution in [0.1, 0.15) is 22.8 Å². The zero-order chi connectivity index (χ0) is 15.0. The monoisotopic (exact) mass is 338 g/mol. The number of benzene rings is 3. The molecule has 0 saturated carbocycles. The molecule has 0 unspecified atom stereocenters. The highest BCUT2D eigenvalue weighted by atomic mass is 79.9. The molecule has 1 nitrogen and oxygen atoms in total. The summed E-state index contributed by atoms with van der Waals surface area (Å²) in [7, 11) is 0. The van der Waals surface area contributed by atoms with E-state index in [1.165, 1.54) is 5.56 Å². The van der Waals surface area contributed by atoms with Crippen molar-refractivity contribution in [2.24, 2.45) is 0 Å². The number of aryl methyl sites for hydroxylation is 1. The Balaban J connectivity index is 2.39. The van der Waals surface area contributed by atoms with E-state index in [1.54, 1.807) is 6.92 Å². The Morgan fingerprint density at radius 3 is 2.19 bits per heavy atom. The van der Waals surface area contributed by atoms with Crippen molar-refractivity contribution < 1.29 is 4.79 Å². The summed E-state index contributed by atoms with van der Waals surface area (Å²) in [6, 6.07) is 18.3. The zero-order valence-corrected chi connectivity index (χ0v) is 13.6. The Labute approximate surface area is 132 Å². The first-order valence-corrected chi connectivity index (χ1v) is 7.66. The highest BCUT2D eigenvalue weighted by Crippen LogP contribution is 2.33. The predicted molar refractivity (Wildman–Crippen MR) is 91.8 cm³/mol. The Morgan fingerprint density at radius 2 is 1.57 bits per heavy atom. The van der Waals surface area contributed by atoms with Crippen molar-refractivity contribution in [3.8, 4) is 11.1 Å². The van der Waals surface area contributed by atoms with E-state index in [-0.39, 0.29) is 5.78 Å². The molecule has 0 amide bonds. The van der Waals surface area contributed by atoms with E-state index in [9.17, 15) is 4.79 Å². The van der Waals surface area contributed by atoms with Gasteiger partial charge >= 0.3 is 0 Å². The fraction of sp³-hybridized carbons (Fsp3) is 0.105. The molecule has 3 rings (SSSR count). The van der Waals surface area contributed by atoms with Crippen LogP contribution < -0.4 is 0 Å². The van der Waals surface area contributed by atoms with Crippen LogP contribution in [0.3, 0.4) is 0 Å². The first kappa shape index (κ1) is 14.0. The standard InChI is InChI=1S/C19H15BrO/c1-12-11-18(14-7-9-15(20)10-8-14)19(13(2)21)17-6-4-3-5-16(12)17/h3-11H,1-2H3. The van der Waals surface area contributed by atoms with Crippen molar-refractivity contribution in [2.75, 3.05) is 0 Å². The van der Waals surface area contributed by atoms with Gasteiger partial charge in [0, 0.05) is 10.0 Å². The van der Waals surface area contributed by atoms with E-state index in [0.717, 1.165) is 31.9 Å². The zero-order valence-electron chi connectivity index (χ0n) is 12.0. The van der Waals surface area contributed by atoms with Gasteiger partial charge in [0.2, 0.25) is 0 Å².